The Morgan fingerprint density at radius 1 is 1.31 bits per heavy atom. The van der Waals surface area contributed by atoms with Gasteiger partial charge in [-0.15, -0.1) is 23.7 Å². The fourth-order valence-corrected chi connectivity index (χ4v) is 3.99. The summed E-state index contributed by atoms with van der Waals surface area (Å²) in [7, 11) is 0. The number of nitrogens with zero attached hydrogens (tertiary/aromatic N) is 2. The Balaban J connectivity index is 0.00000243. The van der Waals surface area contributed by atoms with Gasteiger partial charge in [-0.05, 0) is 44.5 Å². The van der Waals surface area contributed by atoms with Crippen LogP contribution in [0.4, 0.5) is 8.78 Å². The third kappa shape index (κ3) is 4.39. The molecule has 0 spiro atoms. The monoisotopic (exact) mass is 401 g/mol. The molecule has 8 heteroatoms. The average molecular weight is 402 g/mol. The normalized spacial score (nSPS) is 14.7. The summed E-state index contributed by atoms with van der Waals surface area (Å²) in [5.74, 6) is -1.50. The number of amides is 1. The number of rotatable bonds is 5. The van der Waals surface area contributed by atoms with E-state index in [-0.39, 0.29) is 40.6 Å². The highest BCUT2D eigenvalue weighted by molar-refractivity contribution is 7.13. The zero-order chi connectivity index (χ0) is 17.8. The maximum absolute atomic E-state index is 13.9. The van der Waals surface area contributed by atoms with Crippen molar-refractivity contribution in [2.24, 2.45) is 0 Å². The second kappa shape index (κ2) is 9.39. The molecule has 0 bridgehead atoms. The van der Waals surface area contributed by atoms with E-state index in [0.29, 0.717) is 6.54 Å². The maximum Gasteiger partial charge on any atom is 0.273 e. The van der Waals surface area contributed by atoms with Crippen molar-refractivity contribution in [1.29, 1.82) is 0 Å². The number of thiazole rings is 1. The van der Waals surface area contributed by atoms with Crippen LogP contribution in [0.15, 0.2) is 23.6 Å². The number of carbonyl (C=O) groups excluding carboxylic acids is 1. The molecule has 1 aromatic carbocycles. The number of aromatic nitrogens is 1. The number of nitrogens with one attached hydrogen (secondary N) is 1. The summed E-state index contributed by atoms with van der Waals surface area (Å²) < 4.78 is 27.9. The lowest BCUT2D eigenvalue weighted by molar-refractivity contribution is 0.0637. The van der Waals surface area contributed by atoms with Crippen LogP contribution in [0.5, 0.6) is 0 Å². The highest BCUT2D eigenvalue weighted by Gasteiger charge is 2.27. The smallest absolute Gasteiger partial charge is 0.273 e. The molecule has 4 nitrogen and oxygen atoms in total. The van der Waals surface area contributed by atoms with Gasteiger partial charge in [0.15, 0.2) is 0 Å². The molecule has 1 amide bonds. The van der Waals surface area contributed by atoms with Crippen LogP contribution in [0.3, 0.4) is 0 Å². The second-order valence-corrected chi connectivity index (χ2v) is 6.97. The summed E-state index contributed by atoms with van der Waals surface area (Å²) in [4.78, 5) is 19.0. The van der Waals surface area contributed by atoms with Gasteiger partial charge in [0.25, 0.3) is 5.91 Å². The molecule has 1 aromatic heterocycles. The van der Waals surface area contributed by atoms with Crippen molar-refractivity contribution in [3.05, 3.63) is 40.9 Å². The first-order valence-corrected chi connectivity index (χ1v) is 9.41. The van der Waals surface area contributed by atoms with Gasteiger partial charge in [-0.2, -0.15) is 0 Å². The lowest BCUT2D eigenvalue weighted by atomic mass is 10.0. The van der Waals surface area contributed by atoms with E-state index in [4.69, 9.17) is 0 Å². The van der Waals surface area contributed by atoms with Gasteiger partial charge in [-0.1, -0.05) is 13.0 Å². The molecule has 142 valence electrons. The first kappa shape index (κ1) is 20.7. The van der Waals surface area contributed by atoms with Crippen LogP contribution < -0.4 is 5.32 Å². The fraction of sp³-hybridized carbons (Fsp3) is 0.444. The molecule has 1 aliphatic heterocycles. The molecule has 1 N–H and O–H groups in total. The Bertz CT molecular complexity index is 730. The van der Waals surface area contributed by atoms with Gasteiger partial charge in [-0.3, -0.25) is 4.79 Å². The minimum Gasteiger partial charge on any atom is -0.334 e. The minimum atomic E-state index is -0.669. The van der Waals surface area contributed by atoms with Crippen molar-refractivity contribution in [1.82, 2.24) is 15.2 Å². The van der Waals surface area contributed by atoms with Gasteiger partial charge in [0.1, 0.15) is 22.3 Å². The van der Waals surface area contributed by atoms with Crippen molar-refractivity contribution in [2.45, 2.75) is 32.2 Å². The molecule has 0 atom stereocenters. The third-order valence-corrected chi connectivity index (χ3v) is 5.23. The average Bonchev–Trinajstić information content (AvgIpc) is 3.09. The number of piperidine rings is 1. The lowest BCUT2D eigenvalue weighted by Crippen LogP contribution is -2.46. The zero-order valence-corrected chi connectivity index (χ0v) is 16.1. The van der Waals surface area contributed by atoms with Crippen LogP contribution in [0.2, 0.25) is 0 Å². The van der Waals surface area contributed by atoms with Crippen LogP contribution in [-0.2, 0) is 0 Å². The zero-order valence-electron chi connectivity index (χ0n) is 14.5. The highest BCUT2D eigenvalue weighted by Crippen LogP contribution is 2.29. The van der Waals surface area contributed by atoms with E-state index in [9.17, 15) is 13.6 Å². The highest BCUT2D eigenvalue weighted by atomic mass is 35.5. The molecule has 1 fully saturated rings. The Hall–Kier alpha value is -1.57. The summed E-state index contributed by atoms with van der Waals surface area (Å²) in [6, 6.07) is 3.89. The first-order chi connectivity index (χ1) is 12.1. The second-order valence-electron chi connectivity index (χ2n) is 6.11. The Morgan fingerprint density at radius 3 is 2.58 bits per heavy atom. The predicted molar refractivity (Wildman–Crippen MR) is 102 cm³/mol. The quantitative estimate of drug-likeness (QED) is 0.819. The van der Waals surface area contributed by atoms with Crippen LogP contribution in [0.1, 0.15) is 36.7 Å². The molecule has 1 saturated heterocycles. The van der Waals surface area contributed by atoms with Crippen LogP contribution in [-0.4, -0.2) is 41.5 Å². The Labute approximate surface area is 162 Å². The molecular weight excluding hydrogens is 380 g/mol. The van der Waals surface area contributed by atoms with Crippen molar-refractivity contribution in [3.63, 3.8) is 0 Å². The summed E-state index contributed by atoms with van der Waals surface area (Å²) >= 11 is 1.09. The number of benzene rings is 1. The SMILES string of the molecule is CCCN(C(=O)c1csc(-c2c(F)cccc2F)n1)C1CCNCC1.Cl. The Kier molecular flexibility index (Phi) is 7.49. The van der Waals surface area contributed by atoms with Crippen molar-refractivity contribution in [3.8, 4) is 10.6 Å². The van der Waals surface area contributed by atoms with E-state index in [1.54, 1.807) is 5.38 Å². The van der Waals surface area contributed by atoms with Gasteiger partial charge in [0.05, 0.1) is 5.56 Å². The van der Waals surface area contributed by atoms with Crippen LogP contribution in [0, 0.1) is 11.6 Å². The molecular formula is C18H22ClF2N3OS. The van der Waals surface area contributed by atoms with Crippen LogP contribution >= 0.6 is 23.7 Å². The lowest BCUT2D eigenvalue weighted by Gasteiger charge is -2.34. The van der Waals surface area contributed by atoms with E-state index < -0.39 is 11.6 Å². The van der Waals surface area contributed by atoms with Gasteiger partial charge < -0.3 is 10.2 Å². The maximum atomic E-state index is 13.9. The predicted octanol–water partition coefficient (Wildman–Crippen LogP) is 4.11. The third-order valence-electron chi connectivity index (χ3n) is 4.37. The number of hydrogen-bond acceptors (Lipinski definition) is 4. The van der Waals surface area contributed by atoms with Crippen molar-refractivity contribution in [2.75, 3.05) is 19.6 Å². The fourth-order valence-electron chi connectivity index (χ4n) is 3.15. The molecule has 3 rings (SSSR count). The Morgan fingerprint density at radius 2 is 1.96 bits per heavy atom. The summed E-state index contributed by atoms with van der Waals surface area (Å²) in [6.45, 7) is 4.47. The van der Waals surface area contributed by atoms with E-state index >= 15 is 0 Å². The van der Waals surface area contributed by atoms with Gasteiger partial charge in [0.2, 0.25) is 0 Å². The standard InChI is InChI=1S/C18H21F2N3OS.ClH/c1-2-10-23(12-6-8-21-9-7-12)18(24)15-11-25-17(22-15)16-13(19)4-3-5-14(16)20;/h3-5,11-12,21H,2,6-10H2,1H3;1H. The molecule has 0 aliphatic carbocycles. The summed E-state index contributed by atoms with van der Waals surface area (Å²) in [6.07, 6.45) is 2.67. The summed E-state index contributed by atoms with van der Waals surface area (Å²) in [5.41, 5.74) is 0.0880. The molecule has 0 saturated carbocycles. The van der Waals surface area contributed by atoms with E-state index in [1.165, 1.54) is 18.2 Å². The number of carbonyl (C=O) groups is 1. The van der Waals surface area contributed by atoms with E-state index in [2.05, 4.69) is 10.3 Å². The van der Waals surface area contributed by atoms with Crippen molar-refractivity contribution >= 4 is 29.7 Å². The minimum absolute atomic E-state index is 0. The number of hydrogen-bond donors (Lipinski definition) is 1. The van der Waals surface area contributed by atoms with E-state index in [1.807, 2.05) is 11.8 Å². The summed E-state index contributed by atoms with van der Waals surface area (Å²) in [5, 5.41) is 5.08. The molecule has 0 unspecified atom stereocenters. The number of halogens is 3. The first-order valence-electron chi connectivity index (χ1n) is 8.53. The molecule has 2 heterocycles. The molecule has 1 aliphatic rings. The van der Waals surface area contributed by atoms with E-state index in [0.717, 1.165) is 43.7 Å². The van der Waals surface area contributed by atoms with Gasteiger partial charge in [0, 0.05) is 18.0 Å². The topological polar surface area (TPSA) is 45.2 Å². The van der Waals surface area contributed by atoms with Crippen molar-refractivity contribution < 1.29 is 13.6 Å². The molecule has 0 radical (unpaired) electrons. The van der Waals surface area contributed by atoms with Crippen LogP contribution in [0.25, 0.3) is 10.6 Å². The molecule has 26 heavy (non-hydrogen) atoms. The largest absolute Gasteiger partial charge is 0.334 e. The van der Waals surface area contributed by atoms with Gasteiger partial charge >= 0.3 is 0 Å². The molecule has 2 aromatic rings. The van der Waals surface area contributed by atoms with Gasteiger partial charge in [-0.25, -0.2) is 13.8 Å².